The minimum absolute atomic E-state index is 0.136. The predicted molar refractivity (Wildman–Crippen MR) is 67.2 cm³/mol. The van der Waals surface area contributed by atoms with Crippen LogP contribution in [0.2, 0.25) is 0 Å². The highest BCUT2D eigenvalue weighted by Crippen LogP contribution is 2.22. The Morgan fingerprint density at radius 1 is 1.27 bits per heavy atom. The molecule has 0 amide bonds. The van der Waals surface area contributed by atoms with Crippen molar-refractivity contribution >= 4 is 11.8 Å². The van der Waals surface area contributed by atoms with Gasteiger partial charge in [-0.2, -0.15) is 0 Å². The Morgan fingerprint density at radius 2 is 1.93 bits per heavy atom. The van der Waals surface area contributed by atoms with E-state index in [0.717, 1.165) is 11.5 Å². The fourth-order valence-corrected chi connectivity index (χ4v) is 2.48. The first-order valence-corrected chi connectivity index (χ1v) is 6.57. The molecule has 1 rings (SSSR count). The Labute approximate surface area is 96.9 Å². The van der Waals surface area contributed by atoms with Gasteiger partial charge in [-0.25, -0.2) is 0 Å². The van der Waals surface area contributed by atoms with E-state index in [2.05, 4.69) is 26.0 Å². The van der Waals surface area contributed by atoms with Crippen LogP contribution in [0.5, 0.6) is 0 Å². The van der Waals surface area contributed by atoms with Crippen molar-refractivity contribution in [3.05, 3.63) is 29.8 Å². The fourth-order valence-electron chi connectivity index (χ4n) is 1.51. The van der Waals surface area contributed by atoms with Crippen LogP contribution < -0.4 is 0 Å². The van der Waals surface area contributed by atoms with Gasteiger partial charge < -0.3 is 5.11 Å². The average molecular weight is 224 g/mol. The van der Waals surface area contributed by atoms with Crippen molar-refractivity contribution in [3.8, 4) is 0 Å². The molecule has 0 bridgehead atoms. The number of aliphatic hydroxyl groups excluding tert-OH is 1. The number of benzene rings is 1. The Bertz CT molecular complexity index is 268. The van der Waals surface area contributed by atoms with E-state index < -0.39 is 0 Å². The molecule has 1 atom stereocenters. The minimum atomic E-state index is 0.136. The zero-order valence-corrected chi connectivity index (χ0v) is 10.4. The summed E-state index contributed by atoms with van der Waals surface area (Å²) in [4.78, 5) is 1.30. The van der Waals surface area contributed by atoms with Gasteiger partial charge in [-0.15, -0.1) is 11.8 Å². The maximum atomic E-state index is 8.91. The summed E-state index contributed by atoms with van der Waals surface area (Å²) in [5.41, 5.74) is 0.987. The van der Waals surface area contributed by atoms with E-state index in [1.807, 2.05) is 23.9 Å². The van der Waals surface area contributed by atoms with Crippen LogP contribution in [0.4, 0.5) is 0 Å². The first-order valence-electron chi connectivity index (χ1n) is 5.58. The van der Waals surface area contributed by atoms with Crippen molar-refractivity contribution in [3.63, 3.8) is 0 Å². The Morgan fingerprint density at radius 3 is 2.47 bits per heavy atom. The lowest BCUT2D eigenvalue weighted by molar-refractivity contribution is 0.282. The predicted octanol–water partition coefficient (Wildman–Crippen LogP) is 3.71. The summed E-state index contributed by atoms with van der Waals surface area (Å²) in [5.74, 6) is 1.98. The largest absolute Gasteiger partial charge is 0.392 e. The quantitative estimate of drug-likeness (QED) is 0.743. The van der Waals surface area contributed by atoms with Gasteiger partial charge in [0, 0.05) is 10.6 Å². The van der Waals surface area contributed by atoms with Crippen LogP contribution in [-0.4, -0.2) is 10.9 Å². The van der Waals surface area contributed by atoms with Gasteiger partial charge in [0.2, 0.25) is 0 Å². The standard InChI is InChI=1S/C13H20OS/c1-3-4-11(2)10-15-13-7-5-12(9-14)6-8-13/h5-8,11,14H,3-4,9-10H2,1-2H3. The molecule has 0 fully saturated rings. The van der Waals surface area contributed by atoms with E-state index in [0.29, 0.717) is 0 Å². The van der Waals surface area contributed by atoms with E-state index in [-0.39, 0.29) is 6.61 Å². The van der Waals surface area contributed by atoms with Crippen molar-refractivity contribution in [1.29, 1.82) is 0 Å². The van der Waals surface area contributed by atoms with E-state index in [9.17, 15) is 0 Å². The van der Waals surface area contributed by atoms with E-state index in [1.165, 1.54) is 23.5 Å². The van der Waals surface area contributed by atoms with Crippen molar-refractivity contribution in [2.24, 2.45) is 5.92 Å². The molecule has 0 saturated heterocycles. The van der Waals surface area contributed by atoms with Crippen molar-refractivity contribution in [2.75, 3.05) is 5.75 Å². The Kier molecular flexibility index (Phi) is 5.81. The van der Waals surface area contributed by atoms with Crippen LogP contribution in [0.3, 0.4) is 0 Å². The van der Waals surface area contributed by atoms with Crippen LogP contribution in [0.1, 0.15) is 32.3 Å². The lowest BCUT2D eigenvalue weighted by Crippen LogP contribution is -1.96. The number of rotatable bonds is 6. The molecular formula is C13H20OS. The SMILES string of the molecule is CCCC(C)CSc1ccc(CO)cc1. The molecule has 15 heavy (non-hydrogen) atoms. The number of thioether (sulfide) groups is 1. The summed E-state index contributed by atoms with van der Waals surface area (Å²) in [6.07, 6.45) is 2.58. The van der Waals surface area contributed by atoms with Gasteiger partial charge >= 0.3 is 0 Å². The summed E-state index contributed by atoms with van der Waals surface area (Å²) in [7, 11) is 0. The molecule has 1 N–H and O–H groups in total. The summed E-state index contributed by atoms with van der Waals surface area (Å²) in [6, 6.07) is 8.17. The van der Waals surface area contributed by atoms with Crippen LogP contribution in [0, 0.1) is 5.92 Å². The van der Waals surface area contributed by atoms with Crippen molar-refractivity contribution in [2.45, 2.75) is 38.2 Å². The summed E-state index contributed by atoms with van der Waals surface area (Å²) in [5, 5.41) is 8.91. The van der Waals surface area contributed by atoms with Gasteiger partial charge in [0.1, 0.15) is 0 Å². The summed E-state index contributed by atoms with van der Waals surface area (Å²) < 4.78 is 0. The molecule has 1 aromatic rings. The molecule has 1 nitrogen and oxygen atoms in total. The third-order valence-corrected chi connectivity index (χ3v) is 3.76. The molecule has 0 aromatic heterocycles. The molecule has 0 saturated carbocycles. The van der Waals surface area contributed by atoms with Gasteiger partial charge in [-0.3, -0.25) is 0 Å². The number of aliphatic hydroxyl groups is 1. The molecule has 84 valence electrons. The topological polar surface area (TPSA) is 20.2 Å². The van der Waals surface area contributed by atoms with Crippen LogP contribution in [0.15, 0.2) is 29.2 Å². The Hall–Kier alpha value is -0.470. The van der Waals surface area contributed by atoms with Crippen LogP contribution >= 0.6 is 11.8 Å². The summed E-state index contributed by atoms with van der Waals surface area (Å²) >= 11 is 1.91. The van der Waals surface area contributed by atoms with Gasteiger partial charge in [-0.05, 0) is 23.6 Å². The monoisotopic (exact) mass is 224 g/mol. The second-order valence-electron chi connectivity index (χ2n) is 4.01. The number of hydrogen-bond acceptors (Lipinski definition) is 2. The summed E-state index contributed by atoms with van der Waals surface area (Å²) in [6.45, 7) is 4.67. The van der Waals surface area contributed by atoms with Crippen LogP contribution in [0.25, 0.3) is 0 Å². The van der Waals surface area contributed by atoms with Crippen molar-refractivity contribution in [1.82, 2.24) is 0 Å². The molecule has 1 aromatic carbocycles. The van der Waals surface area contributed by atoms with E-state index in [4.69, 9.17) is 5.11 Å². The molecular weight excluding hydrogens is 204 g/mol. The molecule has 0 spiro atoms. The molecule has 0 aliphatic rings. The number of hydrogen-bond donors (Lipinski definition) is 1. The first-order chi connectivity index (χ1) is 7.26. The second-order valence-corrected chi connectivity index (χ2v) is 5.10. The van der Waals surface area contributed by atoms with Crippen LogP contribution in [-0.2, 0) is 6.61 Å². The molecule has 0 aliphatic heterocycles. The van der Waals surface area contributed by atoms with E-state index >= 15 is 0 Å². The van der Waals surface area contributed by atoms with Gasteiger partial charge in [-0.1, -0.05) is 38.8 Å². The maximum Gasteiger partial charge on any atom is 0.0681 e. The van der Waals surface area contributed by atoms with Gasteiger partial charge in [0.05, 0.1) is 6.61 Å². The molecule has 0 heterocycles. The lowest BCUT2D eigenvalue weighted by atomic mass is 10.1. The smallest absolute Gasteiger partial charge is 0.0681 e. The lowest BCUT2D eigenvalue weighted by Gasteiger charge is -2.09. The van der Waals surface area contributed by atoms with E-state index in [1.54, 1.807) is 0 Å². The second kappa shape index (κ2) is 6.91. The highest BCUT2D eigenvalue weighted by atomic mass is 32.2. The minimum Gasteiger partial charge on any atom is -0.392 e. The third-order valence-electron chi connectivity index (χ3n) is 2.42. The molecule has 2 heteroatoms. The zero-order chi connectivity index (χ0) is 11.1. The molecule has 0 aliphatic carbocycles. The third kappa shape index (κ3) is 4.72. The highest BCUT2D eigenvalue weighted by molar-refractivity contribution is 7.99. The van der Waals surface area contributed by atoms with Crippen molar-refractivity contribution < 1.29 is 5.11 Å². The molecule has 1 unspecified atom stereocenters. The van der Waals surface area contributed by atoms with Gasteiger partial charge in [0.25, 0.3) is 0 Å². The normalized spacial score (nSPS) is 12.7. The van der Waals surface area contributed by atoms with Gasteiger partial charge in [0.15, 0.2) is 0 Å². The molecule has 0 radical (unpaired) electrons. The zero-order valence-electron chi connectivity index (χ0n) is 9.57. The first kappa shape index (κ1) is 12.6. The average Bonchev–Trinajstić information content (AvgIpc) is 2.27. The fraction of sp³-hybridized carbons (Fsp3) is 0.538. The highest BCUT2D eigenvalue weighted by Gasteiger charge is 2.01. The maximum absolute atomic E-state index is 8.91. The Balaban J connectivity index is 2.37.